The number of aliphatic hydroxyl groups is 1. The van der Waals surface area contributed by atoms with Crippen molar-refractivity contribution in [2.75, 3.05) is 6.26 Å². The van der Waals surface area contributed by atoms with Gasteiger partial charge in [-0.05, 0) is 37.5 Å². The van der Waals surface area contributed by atoms with E-state index in [0.29, 0.717) is 25.0 Å². The highest BCUT2D eigenvalue weighted by Gasteiger charge is 2.50. The summed E-state index contributed by atoms with van der Waals surface area (Å²) in [6, 6.07) is 11.1. The molecule has 6 heteroatoms. The maximum Gasteiger partial charge on any atom is 0.153 e. The van der Waals surface area contributed by atoms with Gasteiger partial charge < -0.3 is 5.11 Å². The van der Waals surface area contributed by atoms with Crippen molar-refractivity contribution in [1.82, 2.24) is 9.78 Å². The first-order chi connectivity index (χ1) is 9.93. The van der Waals surface area contributed by atoms with Crippen molar-refractivity contribution in [1.29, 1.82) is 0 Å². The zero-order valence-corrected chi connectivity index (χ0v) is 12.6. The summed E-state index contributed by atoms with van der Waals surface area (Å²) in [6.45, 7) is 0. The van der Waals surface area contributed by atoms with Crippen LogP contribution in [0.4, 0.5) is 0 Å². The Balaban J connectivity index is 2.11. The van der Waals surface area contributed by atoms with Crippen LogP contribution >= 0.6 is 0 Å². The smallest absolute Gasteiger partial charge is 0.153 e. The van der Waals surface area contributed by atoms with E-state index in [9.17, 15) is 13.5 Å². The van der Waals surface area contributed by atoms with Gasteiger partial charge in [-0.2, -0.15) is 5.10 Å². The molecular formula is C15H18N2O3S. The summed E-state index contributed by atoms with van der Waals surface area (Å²) in [4.78, 5) is 0. The SMILES string of the molecule is CS(=O)(=O)C1CCCC1(O)c1ccnn1-c1ccccc1. The van der Waals surface area contributed by atoms with Gasteiger partial charge in [-0.1, -0.05) is 18.2 Å². The summed E-state index contributed by atoms with van der Waals surface area (Å²) < 4.78 is 25.6. The predicted octanol–water partition coefficient (Wildman–Crippen LogP) is 1.66. The molecule has 5 nitrogen and oxygen atoms in total. The molecule has 1 aliphatic rings. The van der Waals surface area contributed by atoms with Gasteiger partial charge in [-0.25, -0.2) is 13.1 Å². The minimum absolute atomic E-state index is 0.434. The van der Waals surface area contributed by atoms with Gasteiger partial charge in [0.05, 0.1) is 16.6 Å². The van der Waals surface area contributed by atoms with Crippen LogP contribution in [-0.2, 0) is 15.4 Å². The number of hydrogen-bond acceptors (Lipinski definition) is 4. The molecule has 1 aromatic carbocycles. The normalized spacial score (nSPS) is 26.1. The summed E-state index contributed by atoms with van der Waals surface area (Å²) in [7, 11) is -3.33. The van der Waals surface area contributed by atoms with Crippen LogP contribution in [0.1, 0.15) is 25.0 Å². The summed E-state index contributed by atoms with van der Waals surface area (Å²) in [5.74, 6) is 0. The van der Waals surface area contributed by atoms with Crippen LogP contribution in [0.2, 0.25) is 0 Å². The van der Waals surface area contributed by atoms with E-state index in [-0.39, 0.29) is 0 Å². The molecule has 1 fully saturated rings. The number of aromatic nitrogens is 2. The number of hydrogen-bond donors (Lipinski definition) is 1. The summed E-state index contributed by atoms with van der Waals surface area (Å²) in [5, 5.41) is 14.5. The topological polar surface area (TPSA) is 72.2 Å². The molecule has 0 radical (unpaired) electrons. The molecule has 2 aromatic rings. The molecule has 1 heterocycles. The van der Waals surface area contributed by atoms with E-state index in [0.717, 1.165) is 5.69 Å². The number of nitrogens with zero attached hydrogens (tertiary/aromatic N) is 2. The van der Waals surface area contributed by atoms with E-state index in [4.69, 9.17) is 0 Å². The fraction of sp³-hybridized carbons (Fsp3) is 0.400. The fourth-order valence-electron chi connectivity index (χ4n) is 3.22. The predicted molar refractivity (Wildman–Crippen MR) is 79.9 cm³/mol. The third kappa shape index (κ3) is 2.38. The molecule has 0 spiro atoms. The lowest BCUT2D eigenvalue weighted by atomic mass is 9.97. The largest absolute Gasteiger partial charge is 0.382 e. The van der Waals surface area contributed by atoms with Crippen molar-refractivity contribution < 1.29 is 13.5 Å². The molecule has 0 saturated heterocycles. The summed E-state index contributed by atoms with van der Waals surface area (Å²) >= 11 is 0. The van der Waals surface area contributed by atoms with Crippen LogP contribution in [-0.4, -0.2) is 34.8 Å². The zero-order chi connectivity index (χ0) is 15.1. The van der Waals surface area contributed by atoms with Crippen molar-refractivity contribution in [3.05, 3.63) is 48.3 Å². The van der Waals surface area contributed by atoms with E-state index < -0.39 is 20.7 Å². The standard InChI is InChI=1S/C15H18N2O3S/c1-21(19,20)14-8-5-10-15(14,18)13-9-11-16-17(13)12-6-3-2-4-7-12/h2-4,6-7,9,11,14,18H,5,8,10H2,1H3. The van der Waals surface area contributed by atoms with Gasteiger partial charge in [-0.15, -0.1) is 0 Å². The molecule has 2 unspecified atom stereocenters. The number of benzene rings is 1. The third-order valence-corrected chi connectivity index (χ3v) is 5.82. The van der Waals surface area contributed by atoms with E-state index >= 15 is 0 Å². The number of para-hydroxylation sites is 1. The van der Waals surface area contributed by atoms with Crippen LogP contribution < -0.4 is 0 Å². The Bertz CT molecular complexity index is 739. The van der Waals surface area contributed by atoms with Gasteiger partial charge in [0, 0.05) is 12.5 Å². The highest BCUT2D eigenvalue weighted by molar-refractivity contribution is 7.91. The van der Waals surface area contributed by atoms with Crippen LogP contribution in [0, 0.1) is 0 Å². The average Bonchev–Trinajstić information content (AvgIpc) is 3.06. The molecule has 1 aromatic heterocycles. The maximum atomic E-state index is 12.0. The van der Waals surface area contributed by atoms with Crippen molar-refractivity contribution in [2.45, 2.75) is 30.1 Å². The van der Waals surface area contributed by atoms with Gasteiger partial charge >= 0.3 is 0 Å². The van der Waals surface area contributed by atoms with Crippen molar-refractivity contribution >= 4 is 9.84 Å². The zero-order valence-electron chi connectivity index (χ0n) is 11.8. The third-order valence-electron chi connectivity index (χ3n) is 4.16. The molecule has 112 valence electrons. The van der Waals surface area contributed by atoms with Gasteiger partial charge in [-0.3, -0.25) is 0 Å². The van der Waals surface area contributed by atoms with Gasteiger partial charge in [0.1, 0.15) is 5.60 Å². The lowest BCUT2D eigenvalue weighted by Gasteiger charge is -2.29. The molecule has 3 rings (SSSR count). The monoisotopic (exact) mass is 306 g/mol. The second kappa shape index (κ2) is 4.96. The Hall–Kier alpha value is -1.66. The molecule has 1 aliphatic carbocycles. The molecule has 1 saturated carbocycles. The second-order valence-electron chi connectivity index (χ2n) is 5.60. The van der Waals surface area contributed by atoms with Crippen LogP contribution in [0.5, 0.6) is 0 Å². The van der Waals surface area contributed by atoms with E-state index in [1.54, 1.807) is 16.9 Å². The summed E-state index contributed by atoms with van der Waals surface area (Å²) in [5.41, 5.74) is -0.0216. The Labute approximate surface area is 124 Å². The molecule has 1 N–H and O–H groups in total. The molecule has 21 heavy (non-hydrogen) atoms. The maximum absolute atomic E-state index is 12.0. The number of rotatable bonds is 3. The molecule has 0 aliphatic heterocycles. The van der Waals surface area contributed by atoms with Gasteiger partial charge in [0.2, 0.25) is 0 Å². The van der Waals surface area contributed by atoms with Crippen LogP contribution in [0.25, 0.3) is 5.69 Å². The minimum atomic E-state index is -3.33. The lowest BCUT2D eigenvalue weighted by molar-refractivity contribution is 0.0407. The minimum Gasteiger partial charge on any atom is -0.382 e. The van der Waals surface area contributed by atoms with Gasteiger partial charge in [0.15, 0.2) is 9.84 Å². The van der Waals surface area contributed by atoms with E-state index in [1.807, 2.05) is 30.3 Å². The molecule has 2 atom stereocenters. The van der Waals surface area contributed by atoms with Crippen molar-refractivity contribution in [2.24, 2.45) is 0 Å². The second-order valence-corrected chi connectivity index (χ2v) is 7.83. The first-order valence-corrected chi connectivity index (χ1v) is 8.89. The first-order valence-electron chi connectivity index (χ1n) is 6.94. The van der Waals surface area contributed by atoms with Crippen molar-refractivity contribution in [3.63, 3.8) is 0 Å². The Morgan fingerprint density at radius 3 is 2.67 bits per heavy atom. The van der Waals surface area contributed by atoms with Gasteiger partial charge in [0.25, 0.3) is 0 Å². The number of sulfone groups is 1. The highest BCUT2D eigenvalue weighted by Crippen LogP contribution is 2.42. The quantitative estimate of drug-likeness (QED) is 0.936. The Morgan fingerprint density at radius 1 is 1.29 bits per heavy atom. The molecular weight excluding hydrogens is 288 g/mol. The Morgan fingerprint density at radius 2 is 2.00 bits per heavy atom. The summed E-state index contributed by atoms with van der Waals surface area (Å²) in [6.07, 6.45) is 4.39. The average molecular weight is 306 g/mol. The first kappa shape index (κ1) is 14.3. The highest BCUT2D eigenvalue weighted by atomic mass is 32.2. The van der Waals surface area contributed by atoms with E-state index in [1.165, 1.54) is 6.26 Å². The fourth-order valence-corrected chi connectivity index (χ4v) is 4.77. The van der Waals surface area contributed by atoms with Crippen molar-refractivity contribution in [3.8, 4) is 5.69 Å². The molecule has 0 bridgehead atoms. The molecule has 0 amide bonds. The lowest BCUT2D eigenvalue weighted by Crippen LogP contribution is -2.41. The van der Waals surface area contributed by atoms with E-state index in [2.05, 4.69) is 5.10 Å². The van der Waals surface area contributed by atoms with Crippen LogP contribution in [0.15, 0.2) is 42.6 Å². The Kier molecular flexibility index (Phi) is 3.37. The van der Waals surface area contributed by atoms with Crippen LogP contribution in [0.3, 0.4) is 0 Å².